The number of aliphatic carboxylic acids is 1. The Labute approximate surface area is 193 Å². The Morgan fingerprint density at radius 3 is 2.70 bits per heavy atom. The minimum atomic E-state index is -1.34. The Hall–Kier alpha value is -0.610. The fourth-order valence-electron chi connectivity index (χ4n) is 4.64. The summed E-state index contributed by atoms with van der Waals surface area (Å²) in [5.74, 6) is -1.62. The summed E-state index contributed by atoms with van der Waals surface area (Å²) in [5.41, 5.74) is 0.606. The maximum absolute atomic E-state index is 12.5. The van der Waals surface area contributed by atoms with Gasteiger partial charge in [0.1, 0.15) is 11.9 Å². The van der Waals surface area contributed by atoms with Gasteiger partial charge in [0.25, 0.3) is 0 Å². The number of benzene rings is 1. The van der Waals surface area contributed by atoms with Crippen LogP contribution in [-0.4, -0.2) is 40.1 Å². The third-order valence-corrected chi connectivity index (χ3v) is 6.55. The number of carbonyl (C=O) groups is 2. The molecule has 2 aliphatic heterocycles. The molecule has 1 amide bonds. The number of para-hydroxylation sites is 1. The predicted octanol–water partition coefficient (Wildman–Crippen LogP) is -1.93. The first-order chi connectivity index (χ1) is 12.4. The van der Waals surface area contributed by atoms with Gasteiger partial charge in [-0.2, -0.15) is 0 Å². The predicted molar refractivity (Wildman–Crippen MR) is 98.8 cm³/mol. The minimum Gasteiger partial charge on any atom is -0.543 e. The van der Waals surface area contributed by atoms with E-state index in [1.807, 2.05) is 24.3 Å². The number of hydrogen-bond acceptors (Lipinski definition) is 5. The maximum Gasteiger partial charge on any atom is 1.00 e. The van der Waals surface area contributed by atoms with E-state index in [0.29, 0.717) is 17.7 Å². The van der Waals surface area contributed by atoms with Crippen LogP contribution in [0.15, 0.2) is 35.5 Å². The Kier molecular flexibility index (Phi) is 6.27. The fraction of sp³-hybridized carbons (Fsp3) is 0.474. The molecule has 3 aliphatic rings. The molecule has 0 radical (unpaired) electrons. The zero-order chi connectivity index (χ0) is 18.6. The van der Waals surface area contributed by atoms with E-state index in [-0.39, 0.29) is 53.1 Å². The molecular formula is C19H19INNaO5. The van der Waals surface area contributed by atoms with Gasteiger partial charge in [0.15, 0.2) is 0 Å². The quantitative estimate of drug-likeness (QED) is 0.301. The number of carboxylic acids is 1. The topological polar surface area (TPSA) is 89.9 Å². The zero-order valence-corrected chi connectivity index (χ0v) is 19.4. The summed E-state index contributed by atoms with van der Waals surface area (Å²) >= 11 is 2.18. The van der Waals surface area contributed by atoms with E-state index in [1.165, 1.54) is 4.90 Å². The van der Waals surface area contributed by atoms with Crippen LogP contribution in [0.2, 0.25) is 0 Å². The monoisotopic (exact) mass is 491 g/mol. The van der Waals surface area contributed by atoms with Crippen molar-refractivity contribution in [3.05, 3.63) is 39.1 Å². The van der Waals surface area contributed by atoms with Gasteiger partial charge in [0.05, 0.1) is 33.3 Å². The van der Waals surface area contributed by atoms with Gasteiger partial charge < -0.3 is 24.6 Å². The van der Waals surface area contributed by atoms with Crippen molar-refractivity contribution in [2.45, 2.75) is 44.4 Å². The molecule has 8 heteroatoms. The number of aliphatic hydroxyl groups is 1. The normalized spacial score (nSPS) is 30.0. The van der Waals surface area contributed by atoms with Gasteiger partial charge in [0.2, 0.25) is 5.91 Å². The second-order valence-electron chi connectivity index (χ2n) is 7.13. The Morgan fingerprint density at radius 2 is 2.07 bits per heavy atom. The first kappa shape index (κ1) is 21.1. The van der Waals surface area contributed by atoms with E-state index in [2.05, 4.69) is 22.6 Å². The van der Waals surface area contributed by atoms with Crippen LogP contribution in [0.25, 0.3) is 0 Å². The van der Waals surface area contributed by atoms with Crippen LogP contribution in [0, 0.1) is 15.4 Å². The van der Waals surface area contributed by atoms with Crippen LogP contribution < -0.4 is 39.4 Å². The number of rotatable bonds is 4. The summed E-state index contributed by atoms with van der Waals surface area (Å²) < 4.78 is 7.13. The summed E-state index contributed by atoms with van der Waals surface area (Å²) in [6.45, 7) is 1.58. The molecule has 138 valence electrons. The summed E-state index contributed by atoms with van der Waals surface area (Å²) in [6, 6.07) is 7.28. The molecular weight excluding hydrogens is 472 g/mol. The average molecular weight is 491 g/mol. The van der Waals surface area contributed by atoms with E-state index >= 15 is 0 Å². The third kappa shape index (κ3) is 3.35. The van der Waals surface area contributed by atoms with Crippen molar-refractivity contribution in [3.63, 3.8) is 0 Å². The third-order valence-electron chi connectivity index (χ3n) is 5.66. The van der Waals surface area contributed by atoms with Crippen molar-refractivity contribution >= 4 is 34.5 Å². The van der Waals surface area contributed by atoms with E-state index in [9.17, 15) is 19.8 Å². The number of carbonyl (C=O) groups excluding carboxylic acids is 2. The van der Waals surface area contributed by atoms with Gasteiger partial charge in [-0.3, -0.25) is 4.79 Å². The molecule has 0 spiro atoms. The van der Waals surface area contributed by atoms with Crippen LogP contribution in [0.3, 0.4) is 0 Å². The van der Waals surface area contributed by atoms with E-state index < -0.39 is 24.1 Å². The number of amides is 1. The van der Waals surface area contributed by atoms with Gasteiger partial charge in [-0.1, -0.05) is 12.1 Å². The molecule has 4 rings (SSSR count). The molecule has 6 nitrogen and oxygen atoms in total. The molecule has 1 aromatic rings. The summed E-state index contributed by atoms with van der Waals surface area (Å²) in [5, 5.41) is 21.8. The number of nitrogens with zero attached hydrogens (tertiary/aromatic N) is 1. The molecule has 27 heavy (non-hydrogen) atoms. The number of fused-ring (bicyclic) bond motifs is 3. The van der Waals surface area contributed by atoms with Crippen molar-refractivity contribution in [1.82, 2.24) is 4.90 Å². The maximum atomic E-state index is 12.5. The number of halogens is 1. The largest absolute Gasteiger partial charge is 1.00 e. The molecule has 1 saturated heterocycles. The van der Waals surface area contributed by atoms with E-state index in [0.717, 1.165) is 16.4 Å². The molecule has 2 heterocycles. The molecule has 5 unspecified atom stereocenters. The molecule has 0 aromatic heterocycles. The van der Waals surface area contributed by atoms with Crippen molar-refractivity contribution in [2.24, 2.45) is 11.8 Å². The van der Waals surface area contributed by atoms with Crippen molar-refractivity contribution in [1.29, 1.82) is 0 Å². The summed E-state index contributed by atoms with van der Waals surface area (Å²) in [6.07, 6.45) is 1.17. The smallest absolute Gasteiger partial charge is 0.543 e. The van der Waals surface area contributed by atoms with Gasteiger partial charge in [-0.05, 0) is 60.9 Å². The number of aliphatic hydroxyl groups excluding tert-OH is 1. The second kappa shape index (κ2) is 8.02. The fourth-order valence-corrected chi connectivity index (χ4v) is 5.15. The Morgan fingerprint density at radius 1 is 1.37 bits per heavy atom. The summed E-state index contributed by atoms with van der Waals surface area (Å²) in [4.78, 5) is 25.6. The molecule has 1 aromatic carbocycles. The van der Waals surface area contributed by atoms with E-state index in [1.54, 1.807) is 6.92 Å². The van der Waals surface area contributed by atoms with Crippen LogP contribution in [0.4, 0.5) is 0 Å². The first-order valence-electron chi connectivity index (χ1n) is 8.79. The van der Waals surface area contributed by atoms with Crippen LogP contribution in [-0.2, 0) is 9.59 Å². The Bertz CT molecular complexity index is 811. The van der Waals surface area contributed by atoms with Crippen LogP contribution in [0.1, 0.15) is 26.2 Å². The molecule has 5 atom stereocenters. The minimum absolute atomic E-state index is 0. The van der Waals surface area contributed by atoms with Crippen molar-refractivity contribution < 1.29 is 54.1 Å². The molecule has 1 saturated carbocycles. The molecule has 0 bridgehead atoms. The van der Waals surface area contributed by atoms with Crippen LogP contribution in [0.5, 0.6) is 5.75 Å². The molecule has 1 aliphatic carbocycles. The van der Waals surface area contributed by atoms with Gasteiger partial charge in [-0.25, -0.2) is 0 Å². The zero-order valence-electron chi connectivity index (χ0n) is 15.2. The van der Waals surface area contributed by atoms with Gasteiger partial charge >= 0.3 is 29.6 Å². The van der Waals surface area contributed by atoms with Crippen LogP contribution >= 0.6 is 22.6 Å². The number of β-lactam (4-membered cyclic amide) rings is 1. The second-order valence-corrected chi connectivity index (χ2v) is 8.29. The van der Waals surface area contributed by atoms with Crippen molar-refractivity contribution in [2.75, 3.05) is 0 Å². The first-order valence-corrected chi connectivity index (χ1v) is 9.87. The van der Waals surface area contributed by atoms with Gasteiger partial charge in [-0.15, -0.1) is 0 Å². The Balaban J connectivity index is 0.00000210. The summed E-state index contributed by atoms with van der Waals surface area (Å²) in [7, 11) is 0. The average Bonchev–Trinajstić information content (AvgIpc) is 2.88. The number of hydrogen-bond donors (Lipinski definition) is 1. The van der Waals surface area contributed by atoms with E-state index in [4.69, 9.17) is 4.74 Å². The number of carboxylic acid groups (broad SMARTS) is 1. The van der Waals surface area contributed by atoms with Crippen molar-refractivity contribution in [3.8, 4) is 5.75 Å². The standard InChI is InChI=1S/C19H20INO5.Na/c1-9(22)14-16-10-5-4-8-13(26-12-7-3-2-6-11(12)20)15(10)17(19(24)25)21(16)18(14)23;/h2-3,6-7,9-10,13-14,16,22H,4-5,8H2,1H3,(H,24,25);/q;+1/p-1. The number of ether oxygens (including phenoxy) is 1. The molecule has 2 fully saturated rings. The van der Waals surface area contributed by atoms with Gasteiger partial charge in [0, 0.05) is 11.5 Å². The SMILES string of the molecule is CC(O)C1C(=O)N2C(C(=O)[O-])=C3C(Oc4ccccc4I)CCCC3C12.[Na+]. The molecule has 1 N–H and O–H groups in total.